The maximum absolute atomic E-state index is 3.99. The molecule has 0 aromatic carbocycles. The summed E-state index contributed by atoms with van der Waals surface area (Å²) in [7, 11) is 0. The summed E-state index contributed by atoms with van der Waals surface area (Å²) >= 11 is 0. The summed E-state index contributed by atoms with van der Waals surface area (Å²) in [5.41, 5.74) is 3.63. The number of rotatable bonds is 5. The molecule has 0 fully saturated rings. The van der Waals surface area contributed by atoms with E-state index < -0.39 is 0 Å². The third-order valence-electron chi connectivity index (χ3n) is 1.71. The molecular formula is C13H20. The lowest BCUT2D eigenvalue weighted by Gasteiger charge is -2.01. The van der Waals surface area contributed by atoms with Crippen LogP contribution in [-0.4, -0.2) is 0 Å². The van der Waals surface area contributed by atoms with Crippen LogP contribution in [0.2, 0.25) is 0 Å². The fraction of sp³-hybridized carbons (Fsp3) is 0.385. The van der Waals surface area contributed by atoms with Crippen LogP contribution in [0, 0.1) is 0 Å². The van der Waals surface area contributed by atoms with Crippen LogP contribution in [0.15, 0.2) is 48.1 Å². The Balaban J connectivity index is 4.33. The minimum absolute atomic E-state index is 0.904. The van der Waals surface area contributed by atoms with Crippen LogP contribution < -0.4 is 0 Å². The molecule has 0 aromatic rings. The molecule has 72 valence electrons. The molecule has 0 amide bonds. The Bertz CT molecular complexity index is 239. The second kappa shape index (κ2) is 6.47. The van der Waals surface area contributed by atoms with Crippen LogP contribution in [0.4, 0.5) is 0 Å². The van der Waals surface area contributed by atoms with Gasteiger partial charge in [0, 0.05) is 0 Å². The van der Waals surface area contributed by atoms with Gasteiger partial charge in [-0.2, -0.15) is 0 Å². The molecule has 0 unspecified atom stereocenters. The molecule has 0 spiro atoms. The van der Waals surface area contributed by atoms with E-state index in [2.05, 4.69) is 38.3 Å². The van der Waals surface area contributed by atoms with Gasteiger partial charge in [0.2, 0.25) is 0 Å². The third kappa shape index (κ3) is 6.15. The van der Waals surface area contributed by atoms with Crippen molar-refractivity contribution in [1.29, 1.82) is 0 Å². The summed E-state index contributed by atoms with van der Waals surface area (Å²) in [5.74, 6) is 0. The van der Waals surface area contributed by atoms with E-state index in [9.17, 15) is 0 Å². The number of hydrogen-bond acceptors (Lipinski definition) is 0. The van der Waals surface area contributed by atoms with Crippen molar-refractivity contribution >= 4 is 0 Å². The van der Waals surface area contributed by atoms with Gasteiger partial charge in [0.15, 0.2) is 0 Å². The molecule has 0 saturated heterocycles. The highest BCUT2D eigenvalue weighted by atomic mass is 14.0. The lowest BCUT2D eigenvalue weighted by molar-refractivity contribution is 1.11. The van der Waals surface area contributed by atoms with E-state index in [-0.39, 0.29) is 0 Å². The largest absolute Gasteiger partial charge is 0.0998 e. The van der Waals surface area contributed by atoms with Gasteiger partial charge in [-0.05, 0) is 32.3 Å². The highest BCUT2D eigenvalue weighted by molar-refractivity contribution is 5.30. The van der Waals surface area contributed by atoms with Crippen LogP contribution in [0.25, 0.3) is 0 Å². The van der Waals surface area contributed by atoms with Crippen molar-refractivity contribution in [1.82, 2.24) is 0 Å². The molecule has 0 aliphatic carbocycles. The van der Waals surface area contributed by atoms with Gasteiger partial charge < -0.3 is 0 Å². The van der Waals surface area contributed by atoms with Gasteiger partial charge in [0.1, 0.15) is 0 Å². The summed E-state index contributed by atoms with van der Waals surface area (Å²) in [4.78, 5) is 0. The molecule has 0 bridgehead atoms. The Labute approximate surface area is 82.4 Å². The standard InChI is InChI=1S/C13H20/c1-6-8-13(7-2)10-12(5)9-11(3)4/h6,8,10H,3,5,7,9H2,1-2,4H3. The van der Waals surface area contributed by atoms with Gasteiger partial charge in [0.25, 0.3) is 0 Å². The zero-order valence-corrected chi connectivity index (χ0v) is 9.06. The maximum atomic E-state index is 3.99. The lowest BCUT2D eigenvalue weighted by atomic mass is 10.0. The number of hydrogen-bond donors (Lipinski definition) is 0. The molecule has 0 saturated carbocycles. The fourth-order valence-electron chi connectivity index (χ4n) is 1.18. The SMILES string of the molecule is C=C(C)CC(=C)C=C(C=CC)CC. The zero-order chi connectivity index (χ0) is 10.3. The highest BCUT2D eigenvalue weighted by Crippen LogP contribution is 2.12. The van der Waals surface area contributed by atoms with Gasteiger partial charge >= 0.3 is 0 Å². The molecule has 0 aliphatic heterocycles. The van der Waals surface area contributed by atoms with Gasteiger partial charge in [-0.3, -0.25) is 0 Å². The van der Waals surface area contributed by atoms with Crippen molar-refractivity contribution in [2.75, 3.05) is 0 Å². The van der Waals surface area contributed by atoms with Gasteiger partial charge in [-0.1, -0.05) is 49.5 Å². The molecule has 13 heavy (non-hydrogen) atoms. The van der Waals surface area contributed by atoms with Gasteiger partial charge in [-0.25, -0.2) is 0 Å². The molecule has 0 nitrogen and oxygen atoms in total. The Morgan fingerprint density at radius 1 is 1.31 bits per heavy atom. The van der Waals surface area contributed by atoms with E-state index in [1.807, 2.05) is 13.8 Å². The first kappa shape index (κ1) is 12.0. The molecule has 0 N–H and O–H groups in total. The van der Waals surface area contributed by atoms with Crippen LogP contribution >= 0.6 is 0 Å². The Hall–Kier alpha value is -1.04. The second-order valence-electron chi connectivity index (χ2n) is 3.36. The average molecular weight is 176 g/mol. The molecule has 0 heterocycles. The van der Waals surface area contributed by atoms with Crippen molar-refractivity contribution in [2.24, 2.45) is 0 Å². The quantitative estimate of drug-likeness (QED) is 0.429. The summed E-state index contributed by atoms with van der Waals surface area (Å²) in [6.07, 6.45) is 8.29. The summed E-state index contributed by atoms with van der Waals surface area (Å²) < 4.78 is 0. The monoisotopic (exact) mass is 176 g/mol. The van der Waals surface area contributed by atoms with Crippen molar-refractivity contribution in [2.45, 2.75) is 33.6 Å². The van der Waals surface area contributed by atoms with Crippen LogP contribution in [0.3, 0.4) is 0 Å². The van der Waals surface area contributed by atoms with Crippen molar-refractivity contribution in [3.8, 4) is 0 Å². The van der Waals surface area contributed by atoms with E-state index in [1.165, 1.54) is 5.57 Å². The van der Waals surface area contributed by atoms with E-state index in [1.54, 1.807) is 0 Å². The van der Waals surface area contributed by atoms with E-state index in [0.717, 1.165) is 24.0 Å². The van der Waals surface area contributed by atoms with E-state index in [4.69, 9.17) is 0 Å². The first-order valence-electron chi connectivity index (χ1n) is 4.75. The molecule has 0 aliphatic rings. The van der Waals surface area contributed by atoms with E-state index in [0.29, 0.717) is 0 Å². The first-order valence-corrected chi connectivity index (χ1v) is 4.75. The Morgan fingerprint density at radius 3 is 2.31 bits per heavy atom. The van der Waals surface area contributed by atoms with E-state index >= 15 is 0 Å². The van der Waals surface area contributed by atoms with Gasteiger partial charge in [0.05, 0.1) is 0 Å². The van der Waals surface area contributed by atoms with Gasteiger partial charge in [-0.15, -0.1) is 0 Å². The van der Waals surface area contributed by atoms with Crippen molar-refractivity contribution < 1.29 is 0 Å². The summed E-state index contributed by atoms with van der Waals surface area (Å²) in [6, 6.07) is 0. The molecule has 0 aromatic heterocycles. The predicted molar refractivity (Wildman–Crippen MR) is 61.8 cm³/mol. The van der Waals surface area contributed by atoms with Crippen LogP contribution in [-0.2, 0) is 0 Å². The van der Waals surface area contributed by atoms with Crippen LogP contribution in [0.1, 0.15) is 33.6 Å². The highest BCUT2D eigenvalue weighted by Gasteiger charge is 1.92. The lowest BCUT2D eigenvalue weighted by Crippen LogP contribution is -1.81. The molecule has 0 rings (SSSR count). The third-order valence-corrected chi connectivity index (χ3v) is 1.71. The molecule has 0 atom stereocenters. The summed E-state index contributed by atoms with van der Waals surface area (Å²) in [6.45, 7) is 14.1. The Morgan fingerprint density at radius 2 is 1.92 bits per heavy atom. The molecule has 0 heteroatoms. The second-order valence-corrected chi connectivity index (χ2v) is 3.36. The summed E-state index contributed by atoms with van der Waals surface area (Å²) in [5, 5.41) is 0. The average Bonchev–Trinajstić information content (AvgIpc) is 2.02. The Kier molecular flexibility index (Phi) is 5.96. The zero-order valence-electron chi connectivity index (χ0n) is 9.06. The molecular weight excluding hydrogens is 156 g/mol. The normalized spacial score (nSPS) is 12.1. The fourth-order valence-corrected chi connectivity index (χ4v) is 1.18. The maximum Gasteiger partial charge on any atom is -0.00783 e. The van der Waals surface area contributed by atoms with Crippen LogP contribution in [0.5, 0.6) is 0 Å². The minimum Gasteiger partial charge on any atom is -0.0998 e. The van der Waals surface area contributed by atoms with Crippen molar-refractivity contribution in [3.05, 3.63) is 48.1 Å². The van der Waals surface area contributed by atoms with Crippen molar-refractivity contribution in [3.63, 3.8) is 0 Å². The minimum atomic E-state index is 0.904. The topological polar surface area (TPSA) is 0 Å². The predicted octanol–water partition coefficient (Wildman–Crippen LogP) is 4.42. The first-order chi connectivity index (χ1) is 6.10. The molecule has 0 radical (unpaired) electrons. The number of allylic oxidation sites excluding steroid dienone is 6. The smallest absolute Gasteiger partial charge is 0.00783 e.